The molecule has 1 aliphatic rings. The van der Waals surface area contributed by atoms with Crippen molar-refractivity contribution in [3.05, 3.63) is 35.4 Å². The molecule has 21 heavy (non-hydrogen) atoms. The van der Waals surface area contributed by atoms with Gasteiger partial charge in [-0.05, 0) is 17.7 Å². The molecule has 118 valence electrons. The summed E-state index contributed by atoms with van der Waals surface area (Å²) in [5, 5.41) is 3.20. The number of morpholine rings is 1. The van der Waals surface area contributed by atoms with Crippen LogP contribution in [0.5, 0.6) is 0 Å². The lowest BCUT2D eigenvalue weighted by Gasteiger charge is -2.25. The molecular weight excluding hydrogens is 302 g/mol. The number of nitrogens with one attached hydrogen (secondary N) is 1. The van der Waals surface area contributed by atoms with Crippen molar-refractivity contribution in [3.63, 3.8) is 0 Å². The van der Waals surface area contributed by atoms with E-state index in [1.54, 1.807) is 7.05 Å². The average Bonchev–Trinajstić information content (AvgIpc) is 2.44. The van der Waals surface area contributed by atoms with Crippen LogP contribution in [0.4, 0.5) is 8.78 Å². The van der Waals surface area contributed by atoms with Gasteiger partial charge in [-0.3, -0.25) is 4.79 Å². The van der Waals surface area contributed by atoms with Crippen molar-refractivity contribution >= 4 is 18.3 Å². The Balaban J connectivity index is 0.00000220. The fourth-order valence-electron chi connectivity index (χ4n) is 2.12. The van der Waals surface area contributed by atoms with Crippen molar-refractivity contribution in [3.8, 4) is 0 Å². The fraction of sp³-hybridized carbons (Fsp3) is 0.500. The third-order valence-electron chi connectivity index (χ3n) is 3.25. The third-order valence-corrected chi connectivity index (χ3v) is 3.25. The molecule has 1 aromatic carbocycles. The van der Waals surface area contributed by atoms with E-state index in [-0.39, 0.29) is 30.9 Å². The maximum absolute atomic E-state index is 13.1. The van der Waals surface area contributed by atoms with E-state index in [1.807, 2.05) is 0 Å². The Morgan fingerprint density at radius 2 is 2.19 bits per heavy atom. The number of amides is 1. The first-order valence-corrected chi connectivity index (χ1v) is 6.55. The Morgan fingerprint density at radius 1 is 1.43 bits per heavy atom. The highest BCUT2D eigenvalue weighted by molar-refractivity contribution is 5.85. The van der Waals surface area contributed by atoms with Crippen LogP contribution in [0.25, 0.3) is 0 Å². The highest BCUT2D eigenvalue weighted by Crippen LogP contribution is 2.11. The predicted octanol–water partition coefficient (Wildman–Crippen LogP) is 1.72. The molecule has 0 radical (unpaired) electrons. The molecule has 1 aromatic rings. The first-order valence-electron chi connectivity index (χ1n) is 6.55. The zero-order chi connectivity index (χ0) is 14.5. The van der Waals surface area contributed by atoms with Gasteiger partial charge in [0.25, 0.3) is 0 Å². The summed E-state index contributed by atoms with van der Waals surface area (Å²) in [6.45, 7) is 2.18. The standard InChI is InChI=1S/C14H18F2N2O2.ClH/c1-18(8-10-2-3-12(15)13(16)6-10)14(19)7-11-9-20-5-4-17-11;/h2-3,6,11,17H,4-5,7-9H2,1H3;1H. The summed E-state index contributed by atoms with van der Waals surface area (Å²) in [7, 11) is 1.65. The van der Waals surface area contributed by atoms with E-state index in [9.17, 15) is 13.6 Å². The molecule has 1 aliphatic heterocycles. The molecule has 0 spiro atoms. The smallest absolute Gasteiger partial charge is 0.224 e. The Kier molecular flexibility index (Phi) is 7.01. The Hall–Kier alpha value is -1.24. The van der Waals surface area contributed by atoms with Gasteiger partial charge in [0, 0.05) is 32.6 Å². The van der Waals surface area contributed by atoms with Crippen LogP contribution in [-0.2, 0) is 16.1 Å². The number of hydrogen-bond acceptors (Lipinski definition) is 3. The van der Waals surface area contributed by atoms with Crippen molar-refractivity contribution < 1.29 is 18.3 Å². The lowest BCUT2D eigenvalue weighted by atomic mass is 10.1. The number of carbonyl (C=O) groups excluding carboxylic acids is 1. The topological polar surface area (TPSA) is 41.6 Å². The number of ether oxygens (including phenoxy) is 1. The number of nitrogens with zero attached hydrogens (tertiary/aromatic N) is 1. The van der Waals surface area contributed by atoms with E-state index in [1.165, 1.54) is 11.0 Å². The minimum absolute atomic E-state index is 0. The van der Waals surface area contributed by atoms with Gasteiger partial charge in [0.15, 0.2) is 11.6 Å². The minimum atomic E-state index is -0.898. The van der Waals surface area contributed by atoms with Crippen LogP contribution in [0.3, 0.4) is 0 Å². The second-order valence-electron chi connectivity index (χ2n) is 4.93. The molecule has 1 heterocycles. The molecule has 2 rings (SSSR count). The maximum Gasteiger partial charge on any atom is 0.224 e. The first kappa shape index (κ1) is 17.8. The van der Waals surface area contributed by atoms with Crippen LogP contribution in [-0.4, -0.2) is 43.7 Å². The van der Waals surface area contributed by atoms with Crippen molar-refractivity contribution in [2.45, 2.75) is 19.0 Å². The van der Waals surface area contributed by atoms with Crippen LogP contribution in [0, 0.1) is 11.6 Å². The number of carbonyl (C=O) groups is 1. The lowest BCUT2D eigenvalue weighted by Crippen LogP contribution is -2.44. The first-order chi connectivity index (χ1) is 9.56. The molecule has 1 N–H and O–H groups in total. The highest BCUT2D eigenvalue weighted by Gasteiger charge is 2.19. The summed E-state index contributed by atoms with van der Waals surface area (Å²) < 4.78 is 31.2. The van der Waals surface area contributed by atoms with E-state index in [0.717, 1.165) is 18.7 Å². The van der Waals surface area contributed by atoms with Gasteiger partial charge in [-0.1, -0.05) is 6.07 Å². The second-order valence-corrected chi connectivity index (χ2v) is 4.93. The van der Waals surface area contributed by atoms with Crippen LogP contribution in [0.15, 0.2) is 18.2 Å². The van der Waals surface area contributed by atoms with Gasteiger partial charge in [-0.25, -0.2) is 8.78 Å². The van der Waals surface area contributed by atoms with Crippen LogP contribution >= 0.6 is 12.4 Å². The van der Waals surface area contributed by atoms with E-state index >= 15 is 0 Å². The van der Waals surface area contributed by atoms with Gasteiger partial charge in [0.1, 0.15) is 0 Å². The van der Waals surface area contributed by atoms with Crippen LogP contribution in [0.2, 0.25) is 0 Å². The molecule has 1 amide bonds. The Labute approximate surface area is 128 Å². The maximum atomic E-state index is 13.1. The average molecular weight is 321 g/mol. The number of halogens is 3. The quantitative estimate of drug-likeness (QED) is 0.918. The molecule has 0 aromatic heterocycles. The lowest BCUT2D eigenvalue weighted by molar-refractivity contribution is -0.131. The van der Waals surface area contributed by atoms with Crippen molar-refractivity contribution in [2.24, 2.45) is 0 Å². The number of benzene rings is 1. The zero-order valence-electron chi connectivity index (χ0n) is 11.8. The minimum Gasteiger partial charge on any atom is -0.378 e. The van der Waals surface area contributed by atoms with Gasteiger partial charge < -0.3 is 15.0 Å². The molecule has 1 saturated heterocycles. The van der Waals surface area contributed by atoms with E-state index in [0.29, 0.717) is 25.2 Å². The van der Waals surface area contributed by atoms with E-state index in [4.69, 9.17) is 4.74 Å². The fourth-order valence-corrected chi connectivity index (χ4v) is 2.12. The van der Waals surface area contributed by atoms with Gasteiger partial charge in [-0.15, -0.1) is 12.4 Å². The monoisotopic (exact) mass is 320 g/mol. The molecule has 4 nitrogen and oxygen atoms in total. The SMILES string of the molecule is CN(Cc1ccc(F)c(F)c1)C(=O)CC1COCCN1.Cl. The summed E-state index contributed by atoms with van der Waals surface area (Å²) in [6, 6.07) is 3.67. The Morgan fingerprint density at radius 3 is 2.81 bits per heavy atom. The normalized spacial score (nSPS) is 18.0. The molecule has 1 atom stereocenters. The molecule has 0 aliphatic carbocycles. The summed E-state index contributed by atoms with van der Waals surface area (Å²) in [4.78, 5) is 13.5. The molecule has 1 fully saturated rings. The summed E-state index contributed by atoms with van der Waals surface area (Å²) in [5.74, 6) is -1.84. The van der Waals surface area contributed by atoms with Crippen molar-refractivity contribution in [1.29, 1.82) is 0 Å². The number of rotatable bonds is 4. The molecule has 0 bridgehead atoms. The molecule has 1 unspecified atom stereocenters. The largest absolute Gasteiger partial charge is 0.378 e. The van der Waals surface area contributed by atoms with Gasteiger partial charge in [0.2, 0.25) is 5.91 Å². The second kappa shape index (κ2) is 8.26. The van der Waals surface area contributed by atoms with Crippen molar-refractivity contribution in [1.82, 2.24) is 10.2 Å². The van der Waals surface area contributed by atoms with Gasteiger partial charge >= 0.3 is 0 Å². The molecule has 7 heteroatoms. The summed E-state index contributed by atoms with van der Waals surface area (Å²) in [5.41, 5.74) is 0.563. The van der Waals surface area contributed by atoms with Gasteiger partial charge in [-0.2, -0.15) is 0 Å². The molecule has 0 saturated carbocycles. The van der Waals surface area contributed by atoms with E-state index in [2.05, 4.69) is 5.32 Å². The third kappa shape index (κ3) is 5.22. The highest BCUT2D eigenvalue weighted by atomic mass is 35.5. The number of hydrogen-bond donors (Lipinski definition) is 1. The van der Waals surface area contributed by atoms with Crippen molar-refractivity contribution in [2.75, 3.05) is 26.8 Å². The predicted molar refractivity (Wildman–Crippen MR) is 77.3 cm³/mol. The van der Waals surface area contributed by atoms with Crippen LogP contribution in [0.1, 0.15) is 12.0 Å². The summed E-state index contributed by atoms with van der Waals surface area (Å²) >= 11 is 0. The Bertz CT molecular complexity index is 482. The van der Waals surface area contributed by atoms with Crippen LogP contribution < -0.4 is 5.32 Å². The zero-order valence-corrected chi connectivity index (χ0v) is 12.6. The van der Waals surface area contributed by atoms with E-state index < -0.39 is 11.6 Å². The van der Waals surface area contributed by atoms with Gasteiger partial charge in [0.05, 0.1) is 13.2 Å². The molecular formula is C14H19ClF2N2O2. The summed E-state index contributed by atoms with van der Waals surface area (Å²) in [6.07, 6.45) is 0.334.